The minimum atomic E-state index is 0.213. The molecule has 0 aliphatic carbocycles. The molecule has 1 aromatic carbocycles. The molecular weight excluding hydrogens is 282 g/mol. The number of aromatic nitrogens is 1. The van der Waals surface area contributed by atoms with Gasteiger partial charge < -0.3 is 10.2 Å². The number of rotatable bonds is 2. The maximum Gasteiger partial charge on any atom is 0.222 e. The molecule has 0 spiro atoms. The molecule has 1 aliphatic rings. The van der Waals surface area contributed by atoms with E-state index in [2.05, 4.69) is 10.3 Å². The zero-order valence-electron chi connectivity index (χ0n) is 10.5. The van der Waals surface area contributed by atoms with Gasteiger partial charge in [-0.05, 0) is 18.6 Å². The Balaban J connectivity index is 1.78. The average molecular weight is 296 g/mol. The number of amides is 1. The smallest absolute Gasteiger partial charge is 0.222 e. The number of hydrogen-bond acceptors (Lipinski definition) is 4. The Kier molecular flexibility index (Phi) is 3.33. The molecule has 1 aliphatic heterocycles. The highest BCUT2D eigenvalue weighted by Crippen LogP contribution is 2.32. The third kappa shape index (κ3) is 2.53. The molecule has 1 unspecified atom stereocenters. The van der Waals surface area contributed by atoms with Crippen LogP contribution in [0.25, 0.3) is 10.2 Å². The van der Waals surface area contributed by atoms with Crippen LogP contribution in [0.3, 0.4) is 0 Å². The van der Waals surface area contributed by atoms with Crippen molar-refractivity contribution in [3.8, 4) is 0 Å². The number of likely N-dealkylation sites (N-methyl/N-ethyl adjacent to an activating group) is 1. The molecule has 2 aromatic rings. The number of anilines is 1. The number of thiazole rings is 1. The fraction of sp³-hybridized carbons (Fsp3) is 0.385. The first kappa shape index (κ1) is 12.7. The molecule has 0 radical (unpaired) electrons. The molecule has 0 bridgehead atoms. The van der Waals surface area contributed by atoms with Crippen LogP contribution < -0.4 is 5.32 Å². The van der Waals surface area contributed by atoms with Crippen LogP contribution in [0.1, 0.15) is 12.8 Å². The normalized spacial score (nSPS) is 20.0. The van der Waals surface area contributed by atoms with Crippen LogP contribution in [-0.2, 0) is 4.79 Å². The highest BCUT2D eigenvalue weighted by Gasteiger charge is 2.23. The van der Waals surface area contributed by atoms with Gasteiger partial charge in [-0.2, -0.15) is 0 Å². The van der Waals surface area contributed by atoms with Crippen LogP contribution in [0, 0.1) is 0 Å². The molecule has 19 heavy (non-hydrogen) atoms. The van der Waals surface area contributed by atoms with Crippen LogP contribution in [0.4, 0.5) is 5.13 Å². The summed E-state index contributed by atoms with van der Waals surface area (Å²) in [6, 6.07) is 6.00. The van der Waals surface area contributed by atoms with Crippen molar-refractivity contribution in [1.29, 1.82) is 0 Å². The number of fused-ring (bicyclic) bond motifs is 1. The summed E-state index contributed by atoms with van der Waals surface area (Å²) in [4.78, 5) is 17.7. The highest BCUT2D eigenvalue weighted by molar-refractivity contribution is 7.22. The number of piperidine rings is 1. The number of carbonyl (C=O) groups is 1. The first-order chi connectivity index (χ1) is 9.13. The maximum atomic E-state index is 11.4. The molecule has 1 amide bonds. The molecule has 3 rings (SSSR count). The molecular formula is C13H14ClN3OS. The van der Waals surface area contributed by atoms with Gasteiger partial charge in [0.2, 0.25) is 5.91 Å². The average Bonchev–Trinajstić information content (AvgIpc) is 2.78. The van der Waals surface area contributed by atoms with Crippen molar-refractivity contribution in [2.75, 3.05) is 18.9 Å². The molecule has 6 heteroatoms. The van der Waals surface area contributed by atoms with Gasteiger partial charge in [0, 0.05) is 26.1 Å². The van der Waals surface area contributed by atoms with Gasteiger partial charge >= 0.3 is 0 Å². The van der Waals surface area contributed by atoms with Crippen LogP contribution >= 0.6 is 22.9 Å². The molecule has 1 fully saturated rings. The lowest BCUT2D eigenvalue weighted by molar-refractivity contribution is -0.132. The number of nitrogens with zero attached hydrogens (tertiary/aromatic N) is 2. The Bertz CT molecular complexity index is 627. The van der Waals surface area contributed by atoms with Crippen molar-refractivity contribution in [3.63, 3.8) is 0 Å². The summed E-state index contributed by atoms with van der Waals surface area (Å²) in [6.07, 6.45) is 1.45. The standard InChI is InChI=1S/C13H14ClN3OS/c1-17-7-8(5-6-11(17)18)15-13-16-10-4-2-3-9(14)12(10)19-13/h2-4,8H,5-7H2,1H3,(H,15,16). The maximum absolute atomic E-state index is 11.4. The molecule has 4 nitrogen and oxygen atoms in total. The van der Waals surface area contributed by atoms with Crippen molar-refractivity contribution in [2.45, 2.75) is 18.9 Å². The van der Waals surface area contributed by atoms with E-state index in [4.69, 9.17) is 11.6 Å². The summed E-state index contributed by atoms with van der Waals surface area (Å²) in [5, 5.41) is 5.01. The van der Waals surface area contributed by atoms with Gasteiger partial charge in [-0.15, -0.1) is 0 Å². The van der Waals surface area contributed by atoms with Crippen molar-refractivity contribution in [1.82, 2.24) is 9.88 Å². The molecule has 1 aromatic heterocycles. The Morgan fingerprint density at radius 2 is 2.37 bits per heavy atom. The van der Waals surface area contributed by atoms with Crippen molar-refractivity contribution < 1.29 is 4.79 Å². The molecule has 1 saturated heterocycles. The fourth-order valence-corrected chi connectivity index (χ4v) is 3.51. The summed E-state index contributed by atoms with van der Waals surface area (Å²) in [5.41, 5.74) is 0.917. The molecule has 1 atom stereocenters. The summed E-state index contributed by atoms with van der Waals surface area (Å²) in [6.45, 7) is 0.725. The van der Waals surface area contributed by atoms with Crippen LogP contribution in [-0.4, -0.2) is 35.4 Å². The van der Waals surface area contributed by atoms with Crippen molar-refractivity contribution >= 4 is 44.2 Å². The lowest BCUT2D eigenvalue weighted by Gasteiger charge is -2.29. The van der Waals surface area contributed by atoms with Crippen LogP contribution in [0.15, 0.2) is 18.2 Å². The van der Waals surface area contributed by atoms with Crippen molar-refractivity contribution in [3.05, 3.63) is 23.2 Å². The van der Waals surface area contributed by atoms with Gasteiger partial charge in [-0.25, -0.2) is 4.98 Å². The summed E-state index contributed by atoms with van der Waals surface area (Å²) in [7, 11) is 1.84. The monoisotopic (exact) mass is 295 g/mol. The van der Waals surface area contributed by atoms with Gasteiger partial charge in [-0.1, -0.05) is 29.0 Å². The molecule has 2 heterocycles. The predicted molar refractivity (Wildman–Crippen MR) is 78.9 cm³/mol. The first-order valence-electron chi connectivity index (χ1n) is 6.19. The van der Waals surface area contributed by atoms with E-state index < -0.39 is 0 Å². The lowest BCUT2D eigenvalue weighted by Crippen LogP contribution is -2.43. The largest absolute Gasteiger partial charge is 0.357 e. The zero-order valence-corrected chi connectivity index (χ0v) is 12.1. The van der Waals surface area contributed by atoms with Gasteiger partial charge in [-0.3, -0.25) is 4.79 Å². The SMILES string of the molecule is CN1CC(Nc2nc3cccc(Cl)c3s2)CCC1=O. The van der Waals surface area contributed by atoms with E-state index in [-0.39, 0.29) is 11.9 Å². The van der Waals surface area contributed by atoms with E-state index in [1.807, 2.05) is 25.2 Å². The topological polar surface area (TPSA) is 45.2 Å². The van der Waals surface area contributed by atoms with E-state index in [1.165, 1.54) is 0 Å². The fourth-order valence-electron chi connectivity index (χ4n) is 2.28. The minimum absolute atomic E-state index is 0.213. The quantitative estimate of drug-likeness (QED) is 0.926. The van der Waals surface area contributed by atoms with Gasteiger partial charge in [0.25, 0.3) is 0 Å². The third-order valence-electron chi connectivity index (χ3n) is 3.32. The number of benzene rings is 1. The Morgan fingerprint density at radius 3 is 3.11 bits per heavy atom. The van der Waals surface area contributed by atoms with Gasteiger partial charge in [0.1, 0.15) is 0 Å². The first-order valence-corrected chi connectivity index (χ1v) is 7.38. The van der Waals surface area contributed by atoms with E-state index in [0.717, 1.165) is 33.3 Å². The van der Waals surface area contributed by atoms with Crippen LogP contribution in [0.2, 0.25) is 5.02 Å². The van der Waals surface area contributed by atoms with E-state index in [0.29, 0.717) is 6.42 Å². The Labute approximate surface area is 120 Å². The van der Waals surface area contributed by atoms with E-state index >= 15 is 0 Å². The number of likely N-dealkylation sites (tertiary alicyclic amines) is 1. The predicted octanol–water partition coefficient (Wildman–Crippen LogP) is 2.98. The van der Waals surface area contributed by atoms with Crippen LogP contribution in [0.5, 0.6) is 0 Å². The van der Waals surface area contributed by atoms with E-state index in [9.17, 15) is 4.79 Å². The van der Waals surface area contributed by atoms with E-state index in [1.54, 1.807) is 16.2 Å². The Morgan fingerprint density at radius 1 is 1.53 bits per heavy atom. The summed E-state index contributed by atoms with van der Waals surface area (Å²) < 4.78 is 1.01. The second-order valence-corrected chi connectivity index (χ2v) is 6.17. The molecule has 0 saturated carbocycles. The highest BCUT2D eigenvalue weighted by atomic mass is 35.5. The zero-order chi connectivity index (χ0) is 13.4. The minimum Gasteiger partial charge on any atom is -0.357 e. The third-order valence-corrected chi connectivity index (χ3v) is 4.78. The molecule has 100 valence electrons. The van der Waals surface area contributed by atoms with Gasteiger partial charge in [0.15, 0.2) is 5.13 Å². The van der Waals surface area contributed by atoms with Gasteiger partial charge in [0.05, 0.1) is 15.2 Å². The second-order valence-electron chi connectivity index (χ2n) is 4.76. The number of hydrogen-bond donors (Lipinski definition) is 1. The Hall–Kier alpha value is -1.33. The number of nitrogens with one attached hydrogen (secondary N) is 1. The molecule has 1 N–H and O–H groups in total. The second kappa shape index (κ2) is 4.98. The lowest BCUT2D eigenvalue weighted by atomic mass is 10.1. The van der Waals surface area contributed by atoms with Crippen molar-refractivity contribution in [2.24, 2.45) is 0 Å². The number of halogens is 1. The summed E-state index contributed by atoms with van der Waals surface area (Å²) in [5.74, 6) is 0.213. The number of carbonyl (C=O) groups excluding carboxylic acids is 1. The summed E-state index contributed by atoms with van der Waals surface area (Å²) >= 11 is 7.71.